The number of hydrogen-bond acceptors (Lipinski definition) is 6. The molecule has 0 radical (unpaired) electrons. The van der Waals surface area contributed by atoms with Crippen LogP contribution in [0, 0.1) is 17.2 Å². The van der Waals surface area contributed by atoms with E-state index in [-0.39, 0.29) is 16.7 Å². The molecule has 1 fully saturated rings. The molecule has 1 amide bonds. The first kappa shape index (κ1) is 21.8. The predicted octanol–water partition coefficient (Wildman–Crippen LogP) is 3.82. The quantitative estimate of drug-likeness (QED) is 0.653. The number of nitriles is 1. The average molecular weight is 498 g/mol. The van der Waals surface area contributed by atoms with Gasteiger partial charge < -0.3 is 10.1 Å². The number of rotatable bonds is 6. The van der Waals surface area contributed by atoms with E-state index in [1.807, 2.05) is 13.0 Å². The molecule has 2 aromatic rings. The van der Waals surface area contributed by atoms with Gasteiger partial charge in [0.2, 0.25) is 5.91 Å². The van der Waals surface area contributed by atoms with Crippen molar-refractivity contribution in [2.45, 2.75) is 24.0 Å². The average Bonchev–Trinajstić information content (AvgIpc) is 3.16. The van der Waals surface area contributed by atoms with Gasteiger partial charge in [-0.05, 0) is 66.0 Å². The summed E-state index contributed by atoms with van der Waals surface area (Å²) < 4.78 is 33.6. The molecule has 0 aliphatic carbocycles. The van der Waals surface area contributed by atoms with Crippen LogP contribution in [-0.4, -0.2) is 38.3 Å². The van der Waals surface area contributed by atoms with Crippen LogP contribution in [0.3, 0.4) is 0 Å². The maximum atomic E-state index is 12.9. The third kappa shape index (κ3) is 4.98. The van der Waals surface area contributed by atoms with Crippen molar-refractivity contribution in [3.63, 3.8) is 0 Å². The van der Waals surface area contributed by atoms with E-state index in [2.05, 4.69) is 21.2 Å². The second kappa shape index (κ2) is 9.26. The van der Waals surface area contributed by atoms with Crippen LogP contribution in [0.1, 0.15) is 25.3 Å². The summed E-state index contributed by atoms with van der Waals surface area (Å²) in [5.41, 5.74) is 0.818. The van der Waals surface area contributed by atoms with Gasteiger partial charge in [-0.2, -0.15) is 9.57 Å². The molecule has 1 unspecified atom stereocenters. The fourth-order valence-electron chi connectivity index (χ4n) is 3.15. The highest BCUT2D eigenvalue weighted by atomic mass is 79.9. The van der Waals surface area contributed by atoms with Crippen LogP contribution in [0.25, 0.3) is 0 Å². The zero-order valence-corrected chi connectivity index (χ0v) is 18.9. The molecule has 1 N–H and O–H groups in total. The molecule has 0 spiro atoms. The molecule has 2 heterocycles. The molecule has 1 saturated heterocycles. The number of nitrogens with zero attached hydrogens (tertiary/aromatic N) is 2. The number of sulfonamides is 1. The number of halogens is 1. The number of thiophene rings is 1. The lowest BCUT2D eigenvalue weighted by Crippen LogP contribution is -2.43. The topological polar surface area (TPSA) is 99.5 Å². The van der Waals surface area contributed by atoms with E-state index in [1.165, 1.54) is 4.31 Å². The Balaban J connectivity index is 1.76. The minimum absolute atomic E-state index is 0.117. The monoisotopic (exact) mass is 497 g/mol. The summed E-state index contributed by atoms with van der Waals surface area (Å²) in [4.78, 5) is 12.9. The van der Waals surface area contributed by atoms with Crippen LogP contribution in [0.4, 0.5) is 5.69 Å². The number of ether oxygens (including phenoxy) is 1. The summed E-state index contributed by atoms with van der Waals surface area (Å²) in [6.07, 6.45) is 1.19. The maximum absolute atomic E-state index is 12.9. The number of benzene rings is 1. The highest BCUT2D eigenvalue weighted by Gasteiger charge is 2.34. The van der Waals surface area contributed by atoms with Crippen LogP contribution in [0.5, 0.6) is 5.75 Å². The fourth-order valence-corrected chi connectivity index (χ4v) is 6.84. The lowest BCUT2D eigenvalue weighted by Gasteiger charge is -2.31. The highest BCUT2D eigenvalue weighted by molar-refractivity contribution is 9.11. The van der Waals surface area contributed by atoms with Crippen LogP contribution in [0.2, 0.25) is 0 Å². The van der Waals surface area contributed by atoms with Crippen molar-refractivity contribution in [2.24, 2.45) is 5.92 Å². The van der Waals surface area contributed by atoms with Crippen molar-refractivity contribution < 1.29 is 17.9 Å². The van der Waals surface area contributed by atoms with E-state index in [4.69, 9.17) is 10.00 Å². The molecule has 7 nitrogen and oxygen atoms in total. The van der Waals surface area contributed by atoms with Gasteiger partial charge in [0.25, 0.3) is 10.0 Å². The zero-order valence-electron chi connectivity index (χ0n) is 15.7. The zero-order chi connectivity index (χ0) is 21.0. The first-order chi connectivity index (χ1) is 13.8. The predicted molar refractivity (Wildman–Crippen MR) is 114 cm³/mol. The van der Waals surface area contributed by atoms with E-state index in [0.29, 0.717) is 43.0 Å². The number of hydrogen-bond donors (Lipinski definition) is 1. The van der Waals surface area contributed by atoms with E-state index < -0.39 is 15.9 Å². The Morgan fingerprint density at radius 3 is 2.86 bits per heavy atom. The van der Waals surface area contributed by atoms with Crippen molar-refractivity contribution in [3.05, 3.63) is 39.7 Å². The Morgan fingerprint density at radius 1 is 1.41 bits per heavy atom. The highest BCUT2D eigenvalue weighted by Crippen LogP contribution is 2.32. The molecular weight excluding hydrogens is 478 g/mol. The SMILES string of the molecule is CCOc1ccc(C#N)cc1NC(=O)C1CCCN(S(=O)(=O)c2ccc(Br)s2)C1. The molecule has 1 aromatic heterocycles. The third-order valence-corrected chi connectivity index (χ3v) is 8.52. The molecule has 1 aliphatic heterocycles. The van der Waals surface area contributed by atoms with Crippen molar-refractivity contribution in [3.8, 4) is 11.8 Å². The number of carbonyl (C=O) groups is 1. The summed E-state index contributed by atoms with van der Waals surface area (Å²) in [6, 6.07) is 10.1. The summed E-state index contributed by atoms with van der Waals surface area (Å²) in [7, 11) is -3.63. The normalized spacial score (nSPS) is 17.5. The van der Waals surface area contributed by atoms with Gasteiger partial charge >= 0.3 is 0 Å². The molecule has 3 rings (SSSR count). The molecule has 29 heavy (non-hydrogen) atoms. The van der Waals surface area contributed by atoms with E-state index in [0.717, 1.165) is 15.1 Å². The molecular formula is C19H20BrN3O4S2. The number of nitrogens with one attached hydrogen (secondary N) is 1. The molecule has 0 bridgehead atoms. The Kier molecular flexibility index (Phi) is 6.95. The smallest absolute Gasteiger partial charge is 0.252 e. The van der Waals surface area contributed by atoms with Gasteiger partial charge in [-0.1, -0.05) is 0 Å². The second-order valence-electron chi connectivity index (χ2n) is 6.51. The first-order valence-corrected chi connectivity index (χ1v) is 12.1. The Morgan fingerprint density at radius 2 is 2.21 bits per heavy atom. The molecule has 1 atom stereocenters. The van der Waals surface area contributed by atoms with E-state index in [9.17, 15) is 13.2 Å². The van der Waals surface area contributed by atoms with E-state index in [1.54, 1.807) is 30.3 Å². The summed E-state index contributed by atoms with van der Waals surface area (Å²) in [5.74, 6) is -0.293. The number of carbonyl (C=O) groups excluding carboxylic acids is 1. The lowest BCUT2D eigenvalue weighted by molar-refractivity contribution is -0.120. The van der Waals surface area contributed by atoms with Gasteiger partial charge in [-0.15, -0.1) is 11.3 Å². The minimum atomic E-state index is -3.63. The van der Waals surface area contributed by atoms with Gasteiger partial charge in [0, 0.05) is 13.1 Å². The van der Waals surface area contributed by atoms with Crippen LogP contribution in [0.15, 0.2) is 38.3 Å². The minimum Gasteiger partial charge on any atom is -0.492 e. The molecule has 10 heteroatoms. The fraction of sp³-hybridized carbons (Fsp3) is 0.368. The summed E-state index contributed by atoms with van der Waals surface area (Å²) in [5, 5.41) is 11.9. The largest absolute Gasteiger partial charge is 0.492 e. The van der Waals surface area contributed by atoms with Gasteiger partial charge in [0.05, 0.1) is 33.6 Å². The van der Waals surface area contributed by atoms with Crippen molar-refractivity contribution >= 4 is 48.9 Å². The molecule has 1 aromatic carbocycles. The lowest BCUT2D eigenvalue weighted by atomic mass is 9.98. The van der Waals surface area contributed by atoms with E-state index >= 15 is 0 Å². The molecule has 1 aliphatic rings. The van der Waals surface area contributed by atoms with Gasteiger partial charge in [-0.3, -0.25) is 4.79 Å². The number of anilines is 1. The van der Waals surface area contributed by atoms with Gasteiger partial charge in [0.15, 0.2) is 0 Å². The van der Waals surface area contributed by atoms with Crippen molar-refractivity contribution in [1.82, 2.24) is 4.31 Å². The third-order valence-electron chi connectivity index (χ3n) is 4.56. The van der Waals surface area contributed by atoms with Crippen molar-refractivity contribution in [2.75, 3.05) is 25.0 Å². The summed E-state index contributed by atoms with van der Waals surface area (Å²) in [6.45, 7) is 2.75. The Hall–Kier alpha value is -1.93. The maximum Gasteiger partial charge on any atom is 0.252 e. The standard InChI is InChI=1S/C19H20BrN3O4S2/c1-2-27-16-6-5-13(11-21)10-15(16)22-19(24)14-4-3-9-23(12-14)29(25,26)18-8-7-17(20)28-18/h5-8,10,14H,2-4,9,12H2,1H3,(H,22,24). The first-order valence-electron chi connectivity index (χ1n) is 9.08. The van der Waals surface area contributed by atoms with Crippen molar-refractivity contribution in [1.29, 1.82) is 5.26 Å². The Bertz CT molecular complexity index is 1050. The molecule has 154 valence electrons. The Labute approximate surface area is 182 Å². The summed E-state index contributed by atoms with van der Waals surface area (Å²) >= 11 is 4.44. The van der Waals surface area contributed by atoms with Crippen LogP contribution >= 0.6 is 27.3 Å². The van der Waals surface area contributed by atoms with Gasteiger partial charge in [0.1, 0.15) is 9.96 Å². The number of piperidine rings is 1. The number of amides is 1. The van der Waals surface area contributed by atoms with Gasteiger partial charge in [-0.25, -0.2) is 8.42 Å². The second-order valence-corrected chi connectivity index (χ2v) is 11.1. The van der Waals surface area contributed by atoms with Crippen LogP contribution < -0.4 is 10.1 Å². The molecule has 0 saturated carbocycles. The van der Waals surface area contributed by atoms with Crippen LogP contribution in [-0.2, 0) is 14.8 Å².